The molecule has 0 aliphatic carbocycles. The molecule has 14 heavy (non-hydrogen) atoms. The normalized spacial score (nSPS) is 10.1. The molecule has 0 atom stereocenters. The summed E-state index contributed by atoms with van der Waals surface area (Å²) in [4.78, 5) is 3.90. The summed E-state index contributed by atoms with van der Waals surface area (Å²) in [7, 11) is 0. The van der Waals surface area contributed by atoms with Gasteiger partial charge in [0.25, 0.3) is 0 Å². The SMILES string of the molecule is Fc1ccc(NCc2ccsc2)nc1. The van der Waals surface area contributed by atoms with Crippen LogP contribution in [0.4, 0.5) is 10.2 Å². The molecule has 2 heterocycles. The predicted octanol–water partition coefficient (Wildman–Crippen LogP) is 2.89. The molecular formula is C10H9FN2S. The number of nitrogens with zero attached hydrogens (tertiary/aromatic N) is 1. The van der Waals surface area contributed by atoms with E-state index in [0.717, 1.165) is 6.54 Å². The predicted molar refractivity (Wildman–Crippen MR) is 55.8 cm³/mol. The highest BCUT2D eigenvalue weighted by Crippen LogP contribution is 2.09. The van der Waals surface area contributed by atoms with E-state index in [1.807, 2.05) is 11.4 Å². The third-order valence-corrected chi connectivity index (χ3v) is 2.51. The molecule has 0 aromatic carbocycles. The minimum Gasteiger partial charge on any atom is -0.366 e. The Bertz CT molecular complexity index is 383. The molecule has 0 fully saturated rings. The Labute approximate surface area is 85.4 Å². The van der Waals surface area contributed by atoms with Gasteiger partial charge in [-0.25, -0.2) is 9.37 Å². The first kappa shape index (κ1) is 9.15. The molecule has 72 valence electrons. The summed E-state index contributed by atoms with van der Waals surface area (Å²) in [5.41, 5.74) is 1.21. The van der Waals surface area contributed by atoms with Gasteiger partial charge >= 0.3 is 0 Å². The largest absolute Gasteiger partial charge is 0.366 e. The number of halogens is 1. The van der Waals surface area contributed by atoms with Gasteiger partial charge in [-0.15, -0.1) is 0 Å². The summed E-state index contributed by atoms with van der Waals surface area (Å²) in [6, 6.07) is 5.06. The summed E-state index contributed by atoms with van der Waals surface area (Å²) in [6.45, 7) is 0.724. The molecule has 0 saturated carbocycles. The highest BCUT2D eigenvalue weighted by molar-refractivity contribution is 7.07. The van der Waals surface area contributed by atoms with Crippen LogP contribution in [0.1, 0.15) is 5.56 Å². The Balaban J connectivity index is 1.95. The molecule has 2 aromatic heterocycles. The summed E-state index contributed by atoms with van der Waals surface area (Å²) < 4.78 is 12.5. The van der Waals surface area contributed by atoms with Crippen molar-refractivity contribution in [2.75, 3.05) is 5.32 Å². The third-order valence-electron chi connectivity index (χ3n) is 1.78. The van der Waals surface area contributed by atoms with Crippen molar-refractivity contribution in [3.8, 4) is 0 Å². The van der Waals surface area contributed by atoms with Crippen LogP contribution >= 0.6 is 11.3 Å². The number of aromatic nitrogens is 1. The molecule has 0 saturated heterocycles. The number of anilines is 1. The van der Waals surface area contributed by atoms with Gasteiger partial charge in [-0.3, -0.25) is 0 Å². The van der Waals surface area contributed by atoms with Crippen LogP contribution in [-0.2, 0) is 6.54 Å². The van der Waals surface area contributed by atoms with Crippen LogP contribution in [0.2, 0.25) is 0 Å². The zero-order valence-electron chi connectivity index (χ0n) is 7.40. The summed E-state index contributed by atoms with van der Waals surface area (Å²) in [5, 5.41) is 7.19. The Morgan fingerprint density at radius 3 is 2.93 bits per heavy atom. The van der Waals surface area contributed by atoms with Crippen LogP contribution in [0.5, 0.6) is 0 Å². The fourth-order valence-corrected chi connectivity index (χ4v) is 1.73. The number of hydrogen-bond acceptors (Lipinski definition) is 3. The van der Waals surface area contributed by atoms with Gasteiger partial charge in [0.05, 0.1) is 6.20 Å². The average molecular weight is 208 g/mol. The van der Waals surface area contributed by atoms with Gasteiger partial charge in [-0.05, 0) is 34.5 Å². The van der Waals surface area contributed by atoms with Crippen molar-refractivity contribution in [3.05, 3.63) is 46.5 Å². The number of rotatable bonds is 3. The van der Waals surface area contributed by atoms with E-state index in [1.165, 1.54) is 17.8 Å². The maximum absolute atomic E-state index is 12.5. The lowest BCUT2D eigenvalue weighted by atomic mass is 10.3. The van der Waals surface area contributed by atoms with E-state index >= 15 is 0 Å². The smallest absolute Gasteiger partial charge is 0.141 e. The molecular weight excluding hydrogens is 199 g/mol. The van der Waals surface area contributed by atoms with E-state index in [9.17, 15) is 4.39 Å². The number of pyridine rings is 1. The second-order valence-corrected chi connectivity index (χ2v) is 3.63. The van der Waals surface area contributed by atoms with Crippen molar-refractivity contribution in [1.29, 1.82) is 0 Å². The minimum absolute atomic E-state index is 0.314. The van der Waals surface area contributed by atoms with Gasteiger partial charge in [-0.2, -0.15) is 11.3 Å². The van der Waals surface area contributed by atoms with Gasteiger partial charge in [0, 0.05) is 6.54 Å². The molecule has 2 aromatic rings. The summed E-state index contributed by atoms with van der Waals surface area (Å²) in [5.74, 6) is 0.378. The number of thiophene rings is 1. The topological polar surface area (TPSA) is 24.9 Å². The third kappa shape index (κ3) is 2.29. The number of nitrogens with one attached hydrogen (secondary N) is 1. The van der Waals surface area contributed by atoms with Crippen LogP contribution in [0.15, 0.2) is 35.2 Å². The van der Waals surface area contributed by atoms with Crippen LogP contribution in [0.3, 0.4) is 0 Å². The van der Waals surface area contributed by atoms with E-state index in [0.29, 0.717) is 5.82 Å². The van der Waals surface area contributed by atoms with Crippen molar-refractivity contribution in [3.63, 3.8) is 0 Å². The van der Waals surface area contributed by atoms with E-state index in [1.54, 1.807) is 17.4 Å². The molecule has 0 aliphatic rings. The molecule has 0 amide bonds. The monoisotopic (exact) mass is 208 g/mol. The van der Waals surface area contributed by atoms with Gasteiger partial charge in [0.2, 0.25) is 0 Å². The van der Waals surface area contributed by atoms with E-state index < -0.39 is 0 Å². The second kappa shape index (κ2) is 4.19. The Morgan fingerprint density at radius 1 is 1.36 bits per heavy atom. The molecule has 0 radical (unpaired) electrons. The van der Waals surface area contributed by atoms with E-state index in [4.69, 9.17) is 0 Å². The zero-order valence-corrected chi connectivity index (χ0v) is 8.22. The van der Waals surface area contributed by atoms with Gasteiger partial charge < -0.3 is 5.32 Å². The maximum atomic E-state index is 12.5. The Morgan fingerprint density at radius 2 is 2.29 bits per heavy atom. The van der Waals surface area contributed by atoms with Crippen molar-refractivity contribution < 1.29 is 4.39 Å². The average Bonchev–Trinajstić information content (AvgIpc) is 2.70. The quantitative estimate of drug-likeness (QED) is 0.838. The van der Waals surface area contributed by atoms with E-state index in [-0.39, 0.29) is 5.82 Å². The van der Waals surface area contributed by atoms with Crippen LogP contribution in [0.25, 0.3) is 0 Å². The van der Waals surface area contributed by atoms with Crippen molar-refractivity contribution in [2.45, 2.75) is 6.54 Å². The highest BCUT2D eigenvalue weighted by Gasteiger charge is 1.95. The second-order valence-electron chi connectivity index (χ2n) is 2.85. The van der Waals surface area contributed by atoms with Crippen molar-refractivity contribution in [1.82, 2.24) is 4.98 Å². The Hall–Kier alpha value is -1.42. The molecule has 0 spiro atoms. The fourth-order valence-electron chi connectivity index (χ4n) is 1.07. The first-order valence-corrected chi connectivity index (χ1v) is 5.15. The highest BCUT2D eigenvalue weighted by atomic mass is 32.1. The van der Waals surface area contributed by atoms with Gasteiger partial charge in [0.15, 0.2) is 0 Å². The summed E-state index contributed by atoms with van der Waals surface area (Å²) in [6.07, 6.45) is 1.20. The molecule has 2 nitrogen and oxygen atoms in total. The van der Waals surface area contributed by atoms with Crippen molar-refractivity contribution in [2.24, 2.45) is 0 Å². The lowest BCUT2D eigenvalue weighted by molar-refractivity contribution is 0.621. The Kier molecular flexibility index (Phi) is 2.74. The van der Waals surface area contributed by atoms with Crippen LogP contribution < -0.4 is 5.32 Å². The van der Waals surface area contributed by atoms with Crippen LogP contribution in [-0.4, -0.2) is 4.98 Å². The number of hydrogen-bond donors (Lipinski definition) is 1. The van der Waals surface area contributed by atoms with Crippen LogP contribution in [0, 0.1) is 5.82 Å². The zero-order chi connectivity index (χ0) is 9.80. The first-order chi connectivity index (χ1) is 6.84. The lowest BCUT2D eigenvalue weighted by Crippen LogP contribution is -1.99. The molecule has 0 bridgehead atoms. The van der Waals surface area contributed by atoms with Gasteiger partial charge in [0.1, 0.15) is 11.6 Å². The van der Waals surface area contributed by atoms with Gasteiger partial charge in [-0.1, -0.05) is 0 Å². The first-order valence-electron chi connectivity index (χ1n) is 4.21. The maximum Gasteiger partial charge on any atom is 0.141 e. The lowest BCUT2D eigenvalue weighted by Gasteiger charge is -2.02. The molecule has 0 aliphatic heterocycles. The molecule has 1 N–H and O–H groups in total. The summed E-state index contributed by atoms with van der Waals surface area (Å²) >= 11 is 1.66. The standard InChI is InChI=1S/C10H9FN2S/c11-9-1-2-10(13-6-9)12-5-8-3-4-14-7-8/h1-4,6-7H,5H2,(H,12,13). The molecule has 4 heteroatoms. The molecule has 2 rings (SSSR count). The molecule has 0 unspecified atom stereocenters. The van der Waals surface area contributed by atoms with E-state index in [2.05, 4.69) is 15.7 Å². The fraction of sp³-hybridized carbons (Fsp3) is 0.100. The van der Waals surface area contributed by atoms with Crippen molar-refractivity contribution >= 4 is 17.2 Å². The minimum atomic E-state index is -0.314.